The second-order valence-corrected chi connectivity index (χ2v) is 7.29. The first kappa shape index (κ1) is 12.5. The van der Waals surface area contributed by atoms with Crippen molar-refractivity contribution in [3.63, 3.8) is 0 Å². The zero-order chi connectivity index (χ0) is 11.5. The molecule has 4 unspecified atom stereocenters. The number of fused-ring (bicyclic) bond motifs is 1. The van der Waals surface area contributed by atoms with Crippen LogP contribution in [-0.2, 0) is 0 Å². The summed E-state index contributed by atoms with van der Waals surface area (Å²) >= 11 is 2.27. The molecule has 16 heavy (non-hydrogen) atoms. The number of hydrogen-bond donors (Lipinski definition) is 0. The molecule has 0 spiro atoms. The van der Waals surface area contributed by atoms with Gasteiger partial charge < -0.3 is 0 Å². The number of hydrogen-bond acceptors (Lipinski definition) is 1. The molecule has 0 amide bonds. The molecule has 1 aliphatic heterocycles. The predicted molar refractivity (Wildman–Crippen MR) is 75.0 cm³/mol. The highest BCUT2D eigenvalue weighted by atomic mass is 32.2. The van der Waals surface area contributed by atoms with E-state index in [0.29, 0.717) is 0 Å². The van der Waals surface area contributed by atoms with Gasteiger partial charge in [0.1, 0.15) is 0 Å². The second kappa shape index (κ2) is 5.62. The maximum Gasteiger partial charge on any atom is 0.0256 e. The summed E-state index contributed by atoms with van der Waals surface area (Å²) in [6.07, 6.45) is 9.78. The molecule has 2 rings (SSSR count). The van der Waals surface area contributed by atoms with Gasteiger partial charge in [0.25, 0.3) is 0 Å². The third-order valence-electron chi connectivity index (χ3n) is 4.33. The molecule has 0 N–H and O–H groups in total. The maximum atomic E-state index is 4.34. The lowest BCUT2D eigenvalue weighted by atomic mass is 9.78. The highest BCUT2D eigenvalue weighted by molar-refractivity contribution is 8.00. The van der Waals surface area contributed by atoms with E-state index >= 15 is 0 Å². The fourth-order valence-electron chi connectivity index (χ4n) is 3.23. The topological polar surface area (TPSA) is 0 Å². The van der Waals surface area contributed by atoms with Crippen LogP contribution in [0.1, 0.15) is 58.8 Å². The largest absolute Gasteiger partial charge is 0.150 e. The van der Waals surface area contributed by atoms with Crippen LogP contribution in [0.2, 0.25) is 0 Å². The van der Waals surface area contributed by atoms with Crippen LogP contribution in [0.5, 0.6) is 0 Å². The smallest absolute Gasteiger partial charge is 0.0256 e. The van der Waals surface area contributed by atoms with Crippen LogP contribution in [0, 0.1) is 11.8 Å². The molecule has 0 nitrogen and oxygen atoms in total. The minimum Gasteiger partial charge on any atom is -0.150 e. The molecule has 2 fully saturated rings. The van der Waals surface area contributed by atoms with Gasteiger partial charge in [-0.25, -0.2) is 0 Å². The molecule has 1 heterocycles. The van der Waals surface area contributed by atoms with Crippen molar-refractivity contribution in [2.45, 2.75) is 69.3 Å². The van der Waals surface area contributed by atoms with Gasteiger partial charge in [-0.15, -0.1) is 0 Å². The minimum absolute atomic E-state index is 0.784. The third kappa shape index (κ3) is 2.85. The van der Waals surface area contributed by atoms with E-state index in [2.05, 4.69) is 32.2 Å². The molecular formula is C15H26S. The van der Waals surface area contributed by atoms with E-state index in [1.165, 1.54) is 44.9 Å². The Morgan fingerprint density at radius 1 is 1.38 bits per heavy atom. The quantitative estimate of drug-likeness (QED) is 0.620. The summed E-state index contributed by atoms with van der Waals surface area (Å²) in [5.41, 5.74) is 1.55. The van der Waals surface area contributed by atoms with Crippen molar-refractivity contribution in [1.82, 2.24) is 0 Å². The SMILES string of the molecule is C=C1CC2CCC(C)CC2SC1CCCC. The van der Waals surface area contributed by atoms with Crippen molar-refractivity contribution >= 4 is 11.8 Å². The first-order valence-corrected chi connectivity index (χ1v) is 7.98. The first-order valence-electron chi connectivity index (χ1n) is 7.03. The molecule has 0 aromatic carbocycles. The van der Waals surface area contributed by atoms with Gasteiger partial charge in [0.2, 0.25) is 0 Å². The van der Waals surface area contributed by atoms with E-state index in [-0.39, 0.29) is 0 Å². The highest BCUT2D eigenvalue weighted by Gasteiger charge is 2.36. The molecule has 1 heteroatoms. The van der Waals surface area contributed by atoms with Crippen molar-refractivity contribution in [2.75, 3.05) is 0 Å². The van der Waals surface area contributed by atoms with E-state index < -0.39 is 0 Å². The lowest BCUT2D eigenvalue weighted by Crippen LogP contribution is -2.33. The van der Waals surface area contributed by atoms with Crippen molar-refractivity contribution in [3.05, 3.63) is 12.2 Å². The number of unbranched alkanes of at least 4 members (excludes halogenated alkanes) is 1. The van der Waals surface area contributed by atoms with E-state index in [0.717, 1.165) is 22.3 Å². The van der Waals surface area contributed by atoms with Gasteiger partial charge >= 0.3 is 0 Å². The van der Waals surface area contributed by atoms with Gasteiger partial charge in [0.05, 0.1) is 0 Å². The molecule has 0 aromatic heterocycles. The average Bonchev–Trinajstić information content (AvgIpc) is 2.27. The Morgan fingerprint density at radius 2 is 2.19 bits per heavy atom. The molecule has 1 aliphatic carbocycles. The van der Waals surface area contributed by atoms with Crippen molar-refractivity contribution < 1.29 is 0 Å². The summed E-state index contributed by atoms with van der Waals surface area (Å²) in [5, 5.41) is 1.74. The molecular weight excluding hydrogens is 212 g/mol. The van der Waals surface area contributed by atoms with Crippen LogP contribution in [0.4, 0.5) is 0 Å². The molecule has 1 saturated carbocycles. The van der Waals surface area contributed by atoms with E-state index in [1.807, 2.05) is 0 Å². The van der Waals surface area contributed by atoms with Crippen LogP contribution in [0.15, 0.2) is 12.2 Å². The fourth-order valence-corrected chi connectivity index (χ4v) is 5.14. The van der Waals surface area contributed by atoms with Gasteiger partial charge in [-0.2, -0.15) is 11.8 Å². The van der Waals surface area contributed by atoms with Crippen molar-refractivity contribution in [3.8, 4) is 0 Å². The van der Waals surface area contributed by atoms with Gasteiger partial charge in [-0.1, -0.05) is 45.3 Å². The van der Waals surface area contributed by atoms with Gasteiger partial charge in [0.15, 0.2) is 0 Å². The lowest BCUT2D eigenvalue weighted by molar-refractivity contribution is 0.291. The zero-order valence-corrected chi connectivity index (χ0v) is 11.7. The Bertz CT molecular complexity index is 246. The van der Waals surface area contributed by atoms with E-state index in [1.54, 1.807) is 5.57 Å². The standard InChI is InChI=1S/C15H26S/c1-4-5-6-14-12(3)10-13-8-7-11(2)9-15(13)16-14/h11,13-15H,3-10H2,1-2H3. The summed E-state index contributed by atoms with van der Waals surface area (Å²) in [4.78, 5) is 0. The lowest BCUT2D eigenvalue weighted by Gasteiger charge is -2.42. The van der Waals surface area contributed by atoms with Crippen LogP contribution in [0.3, 0.4) is 0 Å². The summed E-state index contributed by atoms with van der Waals surface area (Å²) in [6.45, 7) is 9.06. The van der Waals surface area contributed by atoms with Crippen molar-refractivity contribution in [1.29, 1.82) is 0 Å². The molecule has 0 aromatic rings. The molecule has 2 aliphatic rings. The van der Waals surface area contributed by atoms with Crippen LogP contribution in [0.25, 0.3) is 0 Å². The molecule has 92 valence electrons. The molecule has 1 saturated heterocycles. The molecule has 4 atom stereocenters. The highest BCUT2D eigenvalue weighted by Crippen LogP contribution is 2.48. The Morgan fingerprint density at radius 3 is 2.94 bits per heavy atom. The summed E-state index contributed by atoms with van der Waals surface area (Å²) in [7, 11) is 0. The monoisotopic (exact) mass is 238 g/mol. The van der Waals surface area contributed by atoms with E-state index in [4.69, 9.17) is 0 Å². The second-order valence-electron chi connectivity index (χ2n) is 5.85. The number of thioether (sulfide) groups is 1. The Labute approximate surface area is 105 Å². The van der Waals surface area contributed by atoms with Gasteiger partial charge in [-0.3, -0.25) is 0 Å². The fraction of sp³-hybridized carbons (Fsp3) is 0.867. The van der Waals surface area contributed by atoms with Crippen LogP contribution < -0.4 is 0 Å². The zero-order valence-electron chi connectivity index (χ0n) is 10.9. The van der Waals surface area contributed by atoms with Crippen molar-refractivity contribution in [2.24, 2.45) is 11.8 Å². The van der Waals surface area contributed by atoms with Crippen LogP contribution >= 0.6 is 11.8 Å². The maximum absolute atomic E-state index is 4.34. The normalized spacial score (nSPS) is 39.5. The minimum atomic E-state index is 0.784. The first-order chi connectivity index (χ1) is 7.70. The van der Waals surface area contributed by atoms with Crippen LogP contribution in [-0.4, -0.2) is 10.5 Å². The predicted octanol–water partition coefficient (Wildman–Crippen LogP) is 5.04. The van der Waals surface area contributed by atoms with Gasteiger partial charge in [0, 0.05) is 10.5 Å². The summed E-state index contributed by atoms with van der Waals surface area (Å²) < 4.78 is 0. The number of rotatable bonds is 3. The third-order valence-corrected chi connectivity index (χ3v) is 6.15. The summed E-state index contributed by atoms with van der Waals surface area (Å²) in [6, 6.07) is 0. The van der Waals surface area contributed by atoms with E-state index in [9.17, 15) is 0 Å². The summed E-state index contributed by atoms with van der Waals surface area (Å²) in [5.74, 6) is 1.93. The Balaban J connectivity index is 1.92. The Kier molecular flexibility index (Phi) is 4.41. The molecule has 0 radical (unpaired) electrons. The average molecular weight is 238 g/mol. The molecule has 0 bridgehead atoms. The Hall–Kier alpha value is 0.0900. The van der Waals surface area contributed by atoms with Gasteiger partial charge in [-0.05, 0) is 37.5 Å².